The Balaban J connectivity index is 2.11. The third kappa shape index (κ3) is 4.32. The highest BCUT2D eigenvalue weighted by Crippen LogP contribution is 2.21. The van der Waals surface area contributed by atoms with Gasteiger partial charge in [0.05, 0.1) is 6.61 Å². The number of likely N-dealkylation sites (tertiary alicyclic amines) is 1. The van der Waals surface area contributed by atoms with E-state index in [1.54, 1.807) is 19.2 Å². The summed E-state index contributed by atoms with van der Waals surface area (Å²) in [6.45, 7) is 4.94. The minimum atomic E-state index is 0.0132. The second-order valence-electron chi connectivity index (χ2n) is 5.31. The molecule has 0 aliphatic carbocycles. The quantitative estimate of drug-likeness (QED) is 0.849. The van der Waals surface area contributed by atoms with Crippen LogP contribution < -0.4 is 5.32 Å². The van der Waals surface area contributed by atoms with Crippen molar-refractivity contribution in [1.82, 2.24) is 9.88 Å². The van der Waals surface area contributed by atoms with Crippen molar-refractivity contribution in [2.24, 2.45) is 5.92 Å². The van der Waals surface area contributed by atoms with E-state index in [-0.39, 0.29) is 5.91 Å². The van der Waals surface area contributed by atoms with Crippen LogP contribution in [-0.2, 0) is 4.74 Å². The number of anilines is 1. The molecule has 1 fully saturated rings. The van der Waals surface area contributed by atoms with Crippen LogP contribution in [0.3, 0.4) is 0 Å². The lowest BCUT2D eigenvalue weighted by Gasteiger charge is -2.32. The first-order chi connectivity index (χ1) is 10.1. The van der Waals surface area contributed by atoms with E-state index >= 15 is 0 Å². The van der Waals surface area contributed by atoms with Gasteiger partial charge in [-0.05, 0) is 37.8 Å². The number of rotatable bonds is 5. The summed E-state index contributed by atoms with van der Waals surface area (Å²) in [4.78, 5) is 18.7. The number of nitrogens with one attached hydrogen (secondary N) is 1. The van der Waals surface area contributed by atoms with Gasteiger partial charge in [-0.2, -0.15) is 0 Å². The lowest BCUT2D eigenvalue weighted by Crippen LogP contribution is -2.41. The van der Waals surface area contributed by atoms with Gasteiger partial charge in [-0.25, -0.2) is 4.98 Å². The van der Waals surface area contributed by atoms with Gasteiger partial charge in [-0.3, -0.25) is 4.79 Å². The van der Waals surface area contributed by atoms with Gasteiger partial charge in [0, 0.05) is 32.3 Å². The number of aromatic nitrogens is 1. The predicted molar refractivity (Wildman–Crippen MR) is 83.9 cm³/mol. The molecular formula is C15H22ClN3O2. The zero-order valence-corrected chi connectivity index (χ0v) is 13.3. The number of nitrogens with zero attached hydrogens (tertiary/aromatic N) is 2. The average molecular weight is 312 g/mol. The Kier molecular flexibility index (Phi) is 5.82. The summed E-state index contributed by atoms with van der Waals surface area (Å²) in [6, 6.07) is 3.39. The molecule has 2 rings (SSSR count). The number of halogens is 1. The lowest BCUT2D eigenvalue weighted by atomic mass is 9.98. The van der Waals surface area contributed by atoms with E-state index in [0.717, 1.165) is 32.5 Å². The van der Waals surface area contributed by atoms with Crippen LogP contribution in [0.15, 0.2) is 12.1 Å². The molecule has 5 nitrogen and oxygen atoms in total. The Bertz CT molecular complexity index is 494. The van der Waals surface area contributed by atoms with Crippen LogP contribution >= 0.6 is 11.6 Å². The fraction of sp³-hybridized carbons (Fsp3) is 0.600. The van der Waals surface area contributed by atoms with Crippen LogP contribution in [-0.4, -0.2) is 49.1 Å². The highest BCUT2D eigenvalue weighted by atomic mass is 35.5. The first-order valence-corrected chi connectivity index (χ1v) is 7.71. The molecule has 1 N–H and O–H groups in total. The van der Waals surface area contributed by atoms with Gasteiger partial charge in [0.1, 0.15) is 11.0 Å². The van der Waals surface area contributed by atoms with Gasteiger partial charge >= 0.3 is 0 Å². The minimum Gasteiger partial charge on any atom is -0.384 e. The predicted octanol–water partition coefficient (Wildman–Crippen LogP) is 2.67. The molecular weight excluding hydrogens is 290 g/mol. The first kappa shape index (κ1) is 16.0. The monoisotopic (exact) mass is 311 g/mol. The van der Waals surface area contributed by atoms with Crippen molar-refractivity contribution in [3.63, 3.8) is 0 Å². The van der Waals surface area contributed by atoms with Crippen LogP contribution in [0.1, 0.15) is 30.1 Å². The summed E-state index contributed by atoms with van der Waals surface area (Å²) in [5.41, 5.74) is 0.587. The summed E-state index contributed by atoms with van der Waals surface area (Å²) in [7, 11) is 1.70. The Morgan fingerprint density at radius 3 is 3.10 bits per heavy atom. The molecule has 21 heavy (non-hydrogen) atoms. The number of ether oxygens (including phenoxy) is 1. The summed E-state index contributed by atoms with van der Waals surface area (Å²) in [6.07, 6.45) is 2.12. The number of piperidine rings is 1. The molecule has 1 amide bonds. The van der Waals surface area contributed by atoms with E-state index in [0.29, 0.717) is 29.1 Å². The Labute approximate surface area is 130 Å². The zero-order valence-electron chi connectivity index (χ0n) is 12.6. The van der Waals surface area contributed by atoms with Crippen LogP contribution in [0.5, 0.6) is 0 Å². The van der Waals surface area contributed by atoms with Crippen LogP contribution in [0.4, 0.5) is 5.82 Å². The van der Waals surface area contributed by atoms with E-state index in [2.05, 4.69) is 10.3 Å². The fourth-order valence-corrected chi connectivity index (χ4v) is 2.90. The van der Waals surface area contributed by atoms with E-state index in [1.165, 1.54) is 0 Å². The summed E-state index contributed by atoms with van der Waals surface area (Å²) >= 11 is 6.01. The van der Waals surface area contributed by atoms with Crippen molar-refractivity contribution in [1.29, 1.82) is 0 Å². The lowest BCUT2D eigenvalue weighted by molar-refractivity contribution is 0.0571. The molecule has 0 spiro atoms. The van der Waals surface area contributed by atoms with Gasteiger partial charge in [0.25, 0.3) is 5.91 Å². The van der Waals surface area contributed by atoms with Crippen molar-refractivity contribution in [3.8, 4) is 0 Å². The molecule has 0 aromatic carbocycles. The Morgan fingerprint density at radius 2 is 2.38 bits per heavy atom. The molecule has 0 radical (unpaired) electrons. The third-order valence-electron chi connectivity index (χ3n) is 3.61. The first-order valence-electron chi connectivity index (χ1n) is 7.33. The van der Waals surface area contributed by atoms with Gasteiger partial charge in [-0.15, -0.1) is 0 Å². The normalized spacial score (nSPS) is 18.6. The maximum absolute atomic E-state index is 12.6. The number of carbonyl (C=O) groups is 1. The molecule has 6 heteroatoms. The Morgan fingerprint density at radius 1 is 1.57 bits per heavy atom. The third-order valence-corrected chi connectivity index (χ3v) is 3.80. The fourth-order valence-electron chi connectivity index (χ4n) is 2.70. The van der Waals surface area contributed by atoms with Crippen molar-refractivity contribution in [2.45, 2.75) is 19.8 Å². The van der Waals surface area contributed by atoms with Crippen molar-refractivity contribution < 1.29 is 9.53 Å². The van der Waals surface area contributed by atoms with Gasteiger partial charge < -0.3 is 15.0 Å². The van der Waals surface area contributed by atoms with E-state index in [4.69, 9.17) is 16.3 Å². The van der Waals surface area contributed by atoms with Crippen molar-refractivity contribution >= 4 is 23.3 Å². The van der Waals surface area contributed by atoms with Gasteiger partial charge in [0.15, 0.2) is 0 Å². The number of methoxy groups -OCH3 is 1. The van der Waals surface area contributed by atoms with Crippen LogP contribution in [0, 0.1) is 5.92 Å². The molecule has 116 valence electrons. The van der Waals surface area contributed by atoms with Gasteiger partial charge in [0.2, 0.25) is 0 Å². The highest BCUT2D eigenvalue weighted by Gasteiger charge is 2.25. The van der Waals surface area contributed by atoms with Crippen LogP contribution in [0.2, 0.25) is 5.15 Å². The molecule has 1 atom stereocenters. The largest absolute Gasteiger partial charge is 0.384 e. The molecule has 0 bridgehead atoms. The number of carbonyl (C=O) groups excluding carboxylic acids is 1. The summed E-state index contributed by atoms with van der Waals surface area (Å²) in [5, 5.41) is 3.42. The Hall–Kier alpha value is -1.33. The highest BCUT2D eigenvalue weighted by molar-refractivity contribution is 6.29. The van der Waals surface area contributed by atoms with E-state index < -0.39 is 0 Å². The van der Waals surface area contributed by atoms with E-state index in [9.17, 15) is 4.79 Å². The zero-order chi connectivity index (χ0) is 15.2. The number of hydrogen-bond acceptors (Lipinski definition) is 4. The number of pyridine rings is 1. The second-order valence-corrected chi connectivity index (χ2v) is 5.70. The smallest absolute Gasteiger partial charge is 0.254 e. The van der Waals surface area contributed by atoms with Crippen molar-refractivity contribution in [2.75, 3.05) is 38.7 Å². The number of hydrogen-bond donors (Lipinski definition) is 1. The summed E-state index contributed by atoms with van der Waals surface area (Å²) < 4.78 is 5.21. The second kappa shape index (κ2) is 7.61. The van der Waals surface area contributed by atoms with Crippen molar-refractivity contribution in [3.05, 3.63) is 22.8 Å². The molecule has 2 heterocycles. The average Bonchev–Trinajstić information content (AvgIpc) is 2.47. The molecule has 1 aliphatic heterocycles. The molecule has 1 unspecified atom stereocenters. The molecule has 1 aromatic heterocycles. The minimum absolute atomic E-state index is 0.0132. The topological polar surface area (TPSA) is 54.5 Å². The molecule has 1 aromatic rings. The SMILES string of the molecule is CCNc1cc(C(=O)N2CCCC(COC)C2)cc(Cl)n1. The van der Waals surface area contributed by atoms with Gasteiger partial charge in [-0.1, -0.05) is 11.6 Å². The standard InChI is InChI=1S/C15H22ClN3O2/c1-3-17-14-8-12(7-13(16)18-14)15(20)19-6-4-5-11(9-19)10-21-2/h7-8,11H,3-6,9-10H2,1-2H3,(H,17,18). The molecule has 1 saturated heterocycles. The molecule has 1 aliphatic rings. The number of amides is 1. The van der Waals surface area contributed by atoms with Crippen LogP contribution in [0.25, 0.3) is 0 Å². The molecule has 0 saturated carbocycles. The van der Waals surface area contributed by atoms with E-state index in [1.807, 2.05) is 11.8 Å². The maximum atomic E-state index is 12.6. The maximum Gasteiger partial charge on any atom is 0.254 e. The summed E-state index contributed by atoms with van der Waals surface area (Å²) in [5.74, 6) is 1.07.